The van der Waals surface area contributed by atoms with Gasteiger partial charge in [0.15, 0.2) is 0 Å². The number of carbonyl (C=O) groups is 2. The van der Waals surface area contributed by atoms with Crippen LogP contribution in [0.4, 0.5) is 0 Å². The summed E-state index contributed by atoms with van der Waals surface area (Å²) in [5.74, 6) is -1.10. The molecule has 0 saturated heterocycles. The van der Waals surface area contributed by atoms with Crippen LogP contribution in [0.5, 0.6) is 5.75 Å². The molecule has 0 unspecified atom stereocenters. The first-order chi connectivity index (χ1) is 9.47. The fraction of sp³-hybridized carbons (Fsp3) is 0.286. The van der Waals surface area contributed by atoms with Gasteiger partial charge in [0.1, 0.15) is 11.8 Å². The molecule has 20 heavy (non-hydrogen) atoms. The topological polar surface area (TPSA) is 76.1 Å². The number of carbonyl (C=O) groups excluding carboxylic acids is 1. The summed E-state index contributed by atoms with van der Waals surface area (Å²) in [5.41, 5.74) is 0.791. The van der Waals surface area contributed by atoms with Crippen LogP contribution in [0, 0.1) is 0 Å². The van der Waals surface area contributed by atoms with Gasteiger partial charge in [0, 0.05) is 19.5 Å². The molecule has 1 aromatic carbocycles. The summed E-state index contributed by atoms with van der Waals surface area (Å²) in [6, 6.07) is 6.02. The minimum atomic E-state index is -1.08. The van der Waals surface area contributed by atoms with E-state index >= 15 is 0 Å². The first-order valence-electron chi connectivity index (χ1n) is 5.91. The van der Waals surface area contributed by atoms with Crippen molar-refractivity contribution in [3.63, 3.8) is 0 Å². The lowest BCUT2D eigenvalue weighted by Gasteiger charge is -2.22. The number of rotatable bonds is 7. The van der Waals surface area contributed by atoms with Crippen LogP contribution in [-0.2, 0) is 20.8 Å². The molecule has 6 heteroatoms. The predicted octanol–water partition coefficient (Wildman–Crippen LogP) is 1.27. The molecule has 1 aromatic rings. The second-order valence-electron chi connectivity index (χ2n) is 4.07. The van der Waals surface area contributed by atoms with Crippen LogP contribution in [0.25, 0.3) is 0 Å². The van der Waals surface area contributed by atoms with Crippen LogP contribution in [0.2, 0.25) is 0 Å². The monoisotopic (exact) mass is 279 g/mol. The molecule has 0 aliphatic rings. The zero-order valence-electron chi connectivity index (χ0n) is 11.4. The Hall–Kier alpha value is -2.34. The molecular formula is C14H17NO5. The molecule has 0 fully saturated rings. The third kappa shape index (κ3) is 4.40. The molecule has 0 bridgehead atoms. The highest BCUT2D eigenvalue weighted by Gasteiger charge is 2.25. The number of hydroxylamine groups is 2. The molecule has 0 saturated carbocycles. The highest BCUT2D eigenvalue weighted by molar-refractivity contribution is 5.81. The van der Waals surface area contributed by atoms with E-state index in [1.54, 1.807) is 31.4 Å². The summed E-state index contributed by atoms with van der Waals surface area (Å²) < 4.78 is 5.03. The highest BCUT2D eigenvalue weighted by atomic mass is 16.7. The Morgan fingerprint density at radius 2 is 2.00 bits per heavy atom. The highest BCUT2D eigenvalue weighted by Crippen LogP contribution is 2.14. The van der Waals surface area contributed by atoms with Crippen molar-refractivity contribution in [2.75, 3.05) is 14.2 Å². The molecule has 0 radical (unpaired) electrons. The molecule has 0 aliphatic carbocycles. The number of ether oxygens (including phenoxy) is 1. The van der Waals surface area contributed by atoms with Crippen molar-refractivity contribution < 1.29 is 24.3 Å². The van der Waals surface area contributed by atoms with Crippen molar-refractivity contribution in [1.82, 2.24) is 5.06 Å². The number of hydrogen-bond donors (Lipinski definition) is 1. The van der Waals surface area contributed by atoms with E-state index in [9.17, 15) is 14.7 Å². The maximum absolute atomic E-state index is 11.3. The minimum Gasteiger partial charge on any atom is -0.497 e. The fourth-order valence-electron chi connectivity index (χ4n) is 1.60. The average Bonchev–Trinajstić information content (AvgIpc) is 2.44. The lowest BCUT2D eigenvalue weighted by Crippen LogP contribution is -2.41. The van der Waals surface area contributed by atoms with Crippen LogP contribution in [0.1, 0.15) is 5.56 Å². The van der Waals surface area contributed by atoms with Gasteiger partial charge in [-0.3, -0.25) is 4.79 Å². The molecular weight excluding hydrogens is 262 g/mol. The Kier molecular flexibility index (Phi) is 5.74. The number of likely N-dealkylation sites (N-methyl/N-ethyl adjacent to an activating group) is 1. The van der Waals surface area contributed by atoms with Crippen molar-refractivity contribution in [3.05, 3.63) is 42.5 Å². The van der Waals surface area contributed by atoms with Crippen molar-refractivity contribution in [2.24, 2.45) is 0 Å². The van der Waals surface area contributed by atoms with Crippen molar-refractivity contribution in [3.8, 4) is 5.75 Å². The maximum Gasteiger partial charge on any atom is 0.349 e. The van der Waals surface area contributed by atoms with E-state index in [-0.39, 0.29) is 6.42 Å². The van der Waals surface area contributed by atoms with E-state index in [0.717, 1.165) is 16.7 Å². The van der Waals surface area contributed by atoms with Gasteiger partial charge in [0.2, 0.25) is 0 Å². The van der Waals surface area contributed by atoms with Crippen molar-refractivity contribution >= 4 is 11.9 Å². The van der Waals surface area contributed by atoms with Crippen LogP contribution in [0.15, 0.2) is 36.9 Å². The lowest BCUT2D eigenvalue weighted by atomic mass is 10.1. The Morgan fingerprint density at radius 3 is 2.45 bits per heavy atom. The number of benzene rings is 1. The Labute approximate surface area is 117 Å². The van der Waals surface area contributed by atoms with Crippen LogP contribution < -0.4 is 4.74 Å². The summed E-state index contributed by atoms with van der Waals surface area (Å²) in [4.78, 5) is 27.2. The third-order valence-corrected chi connectivity index (χ3v) is 2.71. The molecule has 1 N–H and O–H groups in total. The molecule has 1 atom stereocenters. The molecule has 108 valence electrons. The molecule has 0 aliphatic heterocycles. The molecule has 0 spiro atoms. The molecule has 1 rings (SSSR count). The van der Waals surface area contributed by atoms with E-state index in [1.165, 1.54) is 7.05 Å². The smallest absolute Gasteiger partial charge is 0.349 e. The third-order valence-electron chi connectivity index (χ3n) is 2.71. The van der Waals surface area contributed by atoms with Gasteiger partial charge in [-0.2, -0.15) is 0 Å². The standard InChI is InChI=1S/C14H17NO5/c1-4-13(16)20-15(2)12(14(17)18)9-10-5-7-11(19-3)8-6-10/h4-8,12H,1,9H2,2-3H3,(H,17,18)/t12-/m0/s1. The Bertz CT molecular complexity index is 483. The number of hydrogen-bond acceptors (Lipinski definition) is 5. The normalized spacial score (nSPS) is 11.8. The fourth-order valence-corrected chi connectivity index (χ4v) is 1.60. The summed E-state index contributed by atoms with van der Waals surface area (Å²) in [5, 5.41) is 10.2. The number of carboxylic acids is 1. The minimum absolute atomic E-state index is 0.195. The molecule has 6 nitrogen and oxygen atoms in total. The van der Waals surface area contributed by atoms with E-state index in [2.05, 4.69) is 6.58 Å². The second kappa shape index (κ2) is 7.30. The summed E-state index contributed by atoms with van der Waals surface area (Å²) in [7, 11) is 2.95. The van der Waals surface area contributed by atoms with E-state index in [4.69, 9.17) is 9.57 Å². The summed E-state index contributed by atoms with van der Waals surface area (Å²) in [6.07, 6.45) is 1.17. The number of nitrogens with zero attached hydrogens (tertiary/aromatic N) is 1. The van der Waals surface area contributed by atoms with Crippen LogP contribution >= 0.6 is 0 Å². The Balaban J connectivity index is 2.77. The van der Waals surface area contributed by atoms with Gasteiger partial charge in [0.05, 0.1) is 7.11 Å². The van der Waals surface area contributed by atoms with E-state index in [1.807, 2.05) is 0 Å². The van der Waals surface area contributed by atoms with Gasteiger partial charge in [0.25, 0.3) is 0 Å². The van der Waals surface area contributed by atoms with Gasteiger partial charge in [-0.15, -0.1) is 5.06 Å². The maximum atomic E-state index is 11.3. The van der Waals surface area contributed by atoms with Gasteiger partial charge >= 0.3 is 11.9 Å². The molecule has 0 amide bonds. The van der Waals surface area contributed by atoms with Gasteiger partial charge in [-0.05, 0) is 17.7 Å². The van der Waals surface area contributed by atoms with Gasteiger partial charge in [-0.25, -0.2) is 4.79 Å². The number of carboxylic acid groups (broad SMARTS) is 1. The average molecular weight is 279 g/mol. The Morgan fingerprint density at radius 1 is 1.40 bits per heavy atom. The summed E-state index contributed by atoms with van der Waals surface area (Å²) >= 11 is 0. The molecule has 0 heterocycles. The van der Waals surface area contributed by atoms with Gasteiger partial charge in [-0.1, -0.05) is 18.7 Å². The predicted molar refractivity (Wildman–Crippen MR) is 72.2 cm³/mol. The number of methoxy groups -OCH3 is 1. The van der Waals surface area contributed by atoms with E-state index in [0.29, 0.717) is 5.75 Å². The zero-order chi connectivity index (χ0) is 15.1. The zero-order valence-corrected chi connectivity index (χ0v) is 11.4. The SMILES string of the molecule is C=CC(=O)ON(C)[C@@H](Cc1ccc(OC)cc1)C(=O)O. The number of aliphatic carboxylic acids is 1. The molecule has 0 aromatic heterocycles. The van der Waals surface area contributed by atoms with E-state index < -0.39 is 18.0 Å². The van der Waals surface area contributed by atoms with Crippen molar-refractivity contribution in [2.45, 2.75) is 12.5 Å². The second-order valence-corrected chi connectivity index (χ2v) is 4.07. The largest absolute Gasteiger partial charge is 0.497 e. The van der Waals surface area contributed by atoms with Gasteiger partial charge < -0.3 is 14.7 Å². The first-order valence-corrected chi connectivity index (χ1v) is 5.91. The first kappa shape index (κ1) is 15.7. The van der Waals surface area contributed by atoms with Crippen LogP contribution in [0.3, 0.4) is 0 Å². The lowest BCUT2D eigenvalue weighted by molar-refractivity contribution is -0.193. The summed E-state index contributed by atoms with van der Waals surface area (Å²) in [6.45, 7) is 3.26. The van der Waals surface area contributed by atoms with Crippen molar-refractivity contribution in [1.29, 1.82) is 0 Å². The quantitative estimate of drug-likeness (QED) is 0.598. The van der Waals surface area contributed by atoms with Crippen LogP contribution in [-0.4, -0.2) is 42.3 Å².